The monoisotopic (exact) mass is 186 g/mol. The molecule has 0 N–H and O–H groups in total. The van der Waals surface area contributed by atoms with Crippen LogP contribution in [0.2, 0.25) is 0 Å². The van der Waals surface area contributed by atoms with Gasteiger partial charge < -0.3 is 0 Å². The van der Waals surface area contributed by atoms with Crippen LogP contribution < -0.4 is 0 Å². The van der Waals surface area contributed by atoms with E-state index in [-0.39, 0.29) is 0 Å². The Morgan fingerprint density at radius 2 is 1.29 bits per heavy atom. The molecule has 0 radical (unpaired) electrons. The molecule has 0 aliphatic rings. The molecule has 0 fully saturated rings. The summed E-state index contributed by atoms with van der Waals surface area (Å²) >= 11 is 0. The Kier molecular flexibility index (Phi) is 2.44. The first-order valence-electron chi connectivity index (χ1n) is 5.07. The molecule has 0 saturated heterocycles. The molecule has 2 heteroatoms. The van der Waals surface area contributed by atoms with E-state index in [1.165, 1.54) is 11.1 Å². The predicted molar refractivity (Wildman–Crippen MR) is 58.3 cm³/mol. The van der Waals surface area contributed by atoms with E-state index in [4.69, 9.17) is 0 Å². The Balaban J connectivity index is 2.57. The molecule has 2 aromatic rings. The third kappa shape index (κ3) is 1.60. The first-order chi connectivity index (χ1) is 6.83. The highest BCUT2D eigenvalue weighted by Gasteiger charge is 1.98. The predicted octanol–water partition coefficient (Wildman–Crippen LogP) is 2.75. The summed E-state index contributed by atoms with van der Waals surface area (Å²) in [4.78, 5) is 8.80. The third-order valence-electron chi connectivity index (χ3n) is 2.46. The Morgan fingerprint density at radius 1 is 0.857 bits per heavy atom. The second-order valence-corrected chi connectivity index (χ2v) is 3.43. The van der Waals surface area contributed by atoms with Crippen LogP contribution in [-0.4, -0.2) is 9.97 Å². The van der Waals surface area contributed by atoms with Gasteiger partial charge in [-0.05, 0) is 36.1 Å². The highest BCUT2D eigenvalue weighted by atomic mass is 14.7. The topological polar surface area (TPSA) is 25.8 Å². The zero-order chi connectivity index (χ0) is 9.97. The number of aryl methyl sites for hydroxylation is 2. The maximum atomic E-state index is 4.40. The average Bonchev–Trinajstić information content (AvgIpc) is 2.27. The van der Waals surface area contributed by atoms with E-state index in [0.717, 1.165) is 23.9 Å². The lowest BCUT2D eigenvalue weighted by atomic mass is 10.1. The first kappa shape index (κ1) is 9.13. The molecule has 14 heavy (non-hydrogen) atoms. The fraction of sp³-hybridized carbons (Fsp3) is 0.333. The van der Waals surface area contributed by atoms with Gasteiger partial charge in [0.05, 0.1) is 11.0 Å². The van der Waals surface area contributed by atoms with E-state index in [2.05, 4.69) is 35.9 Å². The fourth-order valence-corrected chi connectivity index (χ4v) is 1.47. The number of rotatable bonds is 2. The Labute approximate surface area is 84.0 Å². The number of fused-ring (bicyclic) bond motifs is 1. The van der Waals surface area contributed by atoms with Crippen molar-refractivity contribution in [2.24, 2.45) is 0 Å². The van der Waals surface area contributed by atoms with Crippen LogP contribution in [0.25, 0.3) is 11.0 Å². The van der Waals surface area contributed by atoms with E-state index in [0.29, 0.717) is 0 Å². The van der Waals surface area contributed by atoms with Gasteiger partial charge >= 0.3 is 0 Å². The number of pyridine rings is 2. The normalized spacial score (nSPS) is 10.7. The lowest BCUT2D eigenvalue weighted by Gasteiger charge is -2.01. The summed E-state index contributed by atoms with van der Waals surface area (Å²) in [6, 6.07) is 4.23. The summed E-state index contributed by atoms with van der Waals surface area (Å²) in [5.74, 6) is 0. The molecular weight excluding hydrogens is 172 g/mol. The van der Waals surface area contributed by atoms with Crippen molar-refractivity contribution in [1.82, 2.24) is 9.97 Å². The number of hydrogen-bond acceptors (Lipinski definition) is 2. The van der Waals surface area contributed by atoms with Crippen molar-refractivity contribution in [1.29, 1.82) is 0 Å². The van der Waals surface area contributed by atoms with Gasteiger partial charge in [0, 0.05) is 12.4 Å². The van der Waals surface area contributed by atoms with Crippen LogP contribution in [0.5, 0.6) is 0 Å². The second-order valence-electron chi connectivity index (χ2n) is 3.43. The molecule has 2 heterocycles. The SMILES string of the molecule is CCc1cnc2cc(CC)cnc2c1. The lowest BCUT2D eigenvalue weighted by molar-refractivity contribution is 1.09. The van der Waals surface area contributed by atoms with Gasteiger partial charge in [0.15, 0.2) is 0 Å². The minimum absolute atomic E-state index is 1.00. The molecule has 0 amide bonds. The molecule has 2 rings (SSSR count). The van der Waals surface area contributed by atoms with Gasteiger partial charge in [0.1, 0.15) is 0 Å². The molecule has 2 nitrogen and oxygen atoms in total. The largest absolute Gasteiger partial charge is 0.254 e. The van der Waals surface area contributed by atoms with E-state index >= 15 is 0 Å². The van der Waals surface area contributed by atoms with Gasteiger partial charge in [-0.3, -0.25) is 9.97 Å². The molecule has 2 aromatic heterocycles. The van der Waals surface area contributed by atoms with Crippen molar-refractivity contribution in [2.75, 3.05) is 0 Å². The second kappa shape index (κ2) is 3.74. The smallest absolute Gasteiger partial charge is 0.0889 e. The maximum absolute atomic E-state index is 4.40. The molecule has 0 bridgehead atoms. The summed E-state index contributed by atoms with van der Waals surface area (Å²) in [5, 5.41) is 0. The zero-order valence-electron chi connectivity index (χ0n) is 8.62. The summed E-state index contributed by atoms with van der Waals surface area (Å²) in [6.45, 7) is 4.26. The Morgan fingerprint density at radius 3 is 1.64 bits per heavy atom. The first-order valence-corrected chi connectivity index (χ1v) is 5.07. The quantitative estimate of drug-likeness (QED) is 0.720. The molecule has 0 unspecified atom stereocenters. The number of nitrogens with zero attached hydrogens (tertiary/aromatic N) is 2. The van der Waals surface area contributed by atoms with Crippen LogP contribution in [0.15, 0.2) is 24.5 Å². The van der Waals surface area contributed by atoms with Gasteiger partial charge in [0.2, 0.25) is 0 Å². The summed E-state index contributed by atoms with van der Waals surface area (Å²) < 4.78 is 0. The maximum Gasteiger partial charge on any atom is 0.0889 e. The standard InChI is InChI=1S/C12H14N2/c1-3-9-5-11-12(13-7-9)6-10(4-2)8-14-11/h5-8H,3-4H2,1-2H3. The van der Waals surface area contributed by atoms with E-state index in [9.17, 15) is 0 Å². The third-order valence-corrected chi connectivity index (χ3v) is 2.46. The summed E-state index contributed by atoms with van der Waals surface area (Å²) in [5.41, 5.74) is 4.49. The van der Waals surface area contributed by atoms with Gasteiger partial charge in [0.25, 0.3) is 0 Å². The van der Waals surface area contributed by atoms with E-state index in [1.54, 1.807) is 0 Å². The van der Waals surface area contributed by atoms with E-state index < -0.39 is 0 Å². The molecular formula is C12H14N2. The summed E-state index contributed by atoms with van der Waals surface area (Å²) in [6.07, 6.45) is 5.90. The number of hydrogen-bond donors (Lipinski definition) is 0. The lowest BCUT2D eigenvalue weighted by Crippen LogP contribution is -1.89. The molecule has 0 aromatic carbocycles. The van der Waals surface area contributed by atoms with Crippen molar-refractivity contribution in [2.45, 2.75) is 26.7 Å². The Bertz CT molecular complexity index is 406. The highest BCUT2D eigenvalue weighted by Crippen LogP contribution is 2.13. The van der Waals surface area contributed by atoms with Crippen molar-refractivity contribution < 1.29 is 0 Å². The zero-order valence-corrected chi connectivity index (χ0v) is 8.62. The molecule has 0 aliphatic heterocycles. The number of aromatic nitrogens is 2. The van der Waals surface area contributed by atoms with Gasteiger partial charge in [-0.2, -0.15) is 0 Å². The van der Waals surface area contributed by atoms with Crippen LogP contribution in [-0.2, 0) is 12.8 Å². The highest BCUT2D eigenvalue weighted by molar-refractivity contribution is 5.74. The van der Waals surface area contributed by atoms with E-state index in [1.807, 2.05) is 12.4 Å². The van der Waals surface area contributed by atoms with Crippen LogP contribution in [0.3, 0.4) is 0 Å². The van der Waals surface area contributed by atoms with Crippen LogP contribution in [0.1, 0.15) is 25.0 Å². The van der Waals surface area contributed by atoms with Crippen molar-refractivity contribution in [3.8, 4) is 0 Å². The molecule has 0 saturated carbocycles. The van der Waals surface area contributed by atoms with Gasteiger partial charge in [-0.15, -0.1) is 0 Å². The minimum atomic E-state index is 1.00. The van der Waals surface area contributed by atoms with Crippen LogP contribution >= 0.6 is 0 Å². The molecule has 0 atom stereocenters. The molecule has 0 spiro atoms. The molecule has 72 valence electrons. The van der Waals surface area contributed by atoms with Crippen LogP contribution in [0.4, 0.5) is 0 Å². The Hall–Kier alpha value is -1.44. The average molecular weight is 186 g/mol. The summed E-state index contributed by atoms with van der Waals surface area (Å²) in [7, 11) is 0. The van der Waals surface area contributed by atoms with Crippen molar-refractivity contribution >= 4 is 11.0 Å². The van der Waals surface area contributed by atoms with Crippen molar-refractivity contribution in [3.05, 3.63) is 35.7 Å². The van der Waals surface area contributed by atoms with Crippen LogP contribution in [0, 0.1) is 0 Å². The fourth-order valence-electron chi connectivity index (χ4n) is 1.47. The van der Waals surface area contributed by atoms with Crippen molar-refractivity contribution in [3.63, 3.8) is 0 Å². The molecule has 0 aliphatic carbocycles. The van der Waals surface area contributed by atoms with Gasteiger partial charge in [-0.1, -0.05) is 13.8 Å². The minimum Gasteiger partial charge on any atom is -0.254 e. The van der Waals surface area contributed by atoms with Gasteiger partial charge in [-0.25, -0.2) is 0 Å².